The molecule has 4 nitrogen and oxygen atoms in total. The lowest BCUT2D eigenvalue weighted by atomic mass is 10.1. The summed E-state index contributed by atoms with van der Waals surface area (Å²) in [5, 5.41) is 5.79. The van der Waals surface area contributed by atoms with E-state index in [9.17, 15) is 4.79 Å². The number of hydrogen-bond donors (Lipinski definition) is 0. The molecule has 2 aromatic rings. The second kappa shape index (κ2) is 4.72. The minimum Gasteiger partial charge on any atom is -0.463 e. The van der Waals surface area contributed by atoms with Crippen molar-refractivity contribution in [2.24, 2.45) is 5.10 Å². The molecule has 0 fully saturated rings. The third-order valence-electron chi connectivity index (χ3n) is 3.17. The molecule has 1 amide bonds. The van der Waals surface area contributed by atoms with E-state index in [1.54, 1.807) is 12.3 Å². The van der Waals surface area contributed by atoms with Gasteiger partial charge in [0.2, 0.25) is 0 Å². The molecule has 2 heterocycles. The minimum atomic E-state index is -0.0318. The van der Waals surface area contributed by atoms with Gasteiger partial charge in [-0.3, -0.25) is 4.79 Å². The molecule has 0 aliphatic carbocycles. The van der Waals surface area contributed by atoms with Crippen LogP contribution >= 0.6 is 0 Å². The summed E-state index contributed by atoms with van der Waals surface area (Å²) in [5.74, 6) is 0.622. The number of aryl methyl sites for hydroxylation is 1. The van der Waals surface area contributed by atoms with Crippen LogP contribution in [-0.2, 0) is 11.2 Å². The number of benzene rings is 1. The average molecular weight is 254 g/mol. The first-order chi connectivity index (χ1) is 9.28. The highest BCUT2D eigenvalue weighted by atomic mass is 16.3. The fourth-order valence-electron chi connectivity index (χ4n) is 2.08. The number of nitrogens with zero attached hydrogens (tertiary/aromatic N) is 2. The van der Waals surface area contributed by atoms with E-state index in [4.69, 9.17) is 4.42 Å². The van der Waals surface area contributed by atoms with Crippen LogP contribution in [0, 0.1) is 0 Å². The van der Waals surface area contributed by atoms with Crippen LogP contribution in [-0.4, -0.2) is 11.6 Å². The first kappa shape index (κ1) is 11.7. The van der Waals surface area contributed by atoms with Gasteiger partial charge in [-0.15, -0.1) is 0 Å². The lowest BCUT2D eigenvalue weighted by molar-refractivity contribution is -0.116. The Morgan fingerprint density at radius 2 is 2.05 bits per heavy atom. The Bertz CT molecular complexity index is 612. The fourth-order valence-corrected chi connectivity index (χ4v) is 2.08. The second-order valence-corrected chi connectivity index (χ2v) is 4.43. The molecule has 0 N–H and O–H groups in total. The van der Waals surface area contributed by atoms with Gasteiger partial charge in [-0.2, -0.15) is 5.10 Å². The molecule has 0 bridgehead atoms. The first-order valence-electron chi connectivity index (χ1n) is 6.31. The zero-order chi connectivity index (χ0) is 13.2. The van der Waals surface area contributed by atoms with Crippen molar-refractivity contribution in [3.05, 3.63) is 54.0 Å². The standard InChI is InChI=1S/C15H14N2O2/c1-2-11-5-7-12(8-6-11)17-15(18)10-13(16-17)14-4-3-9-19-14/h3-9H,2,10H2,1H3. The van der Waals surface area contributed by atoms with Crippen LogP contribution in [0.2, 0.25) is 0 Å². The normalized spacial score (nSPS) is 14.9. The quantitative estimate of drug-likeness (QED) is 0.845. The molecule has 0 radical (unpaired) electrons. The summed E-state index contributed by atoms with van der Waals surface area (Å²) in [4.78, 5) is 12.0. The summed E-state index contributed by atoms with van der Waals surface area (Å²) in [5.41, 5.74) is 2.71. The summed E-state index contributed by atoms with van der Waals surface area (Å²) >= 11 is 0. The molecule has 0 saturated carbocycles. The van der Waals surface area contributed by atoms with E-state index in [0.717, 1.165) is 12.1 Å². The summed E-state index contributed by atoms with van der Waals surface area (Å²) in [7, 11) is 0. The van der Waals surface area contributed by atoms with Crippen LogP contribution < -0.4 is 5.01 Å². The van der Waals surface area contributed by atoms with Crippen molar-refractivity contribution in [1.82, 2.24) is 0 Å². The van der Waals surface area contributed by atoms with E-state index in [1.165, 1.54) is 10.6 Å². The number of hydrogen-bond acceptors (Lipinski definition) is 3. The molecular weight excluding hydrogens is 240 g/mol. The van der Waals surface area contributed by atoms with Gasteiger partial charge in [-0.1, -0.05) is 19.1 Å². The summed E-state index contributed by atoms with van der Waals surface area (Å²) in [6.07, 6.45) is 2.85. The van der Waals surface area contributed by atoms with Gasteiger partial charge in [-0.05, 0) is 36.2 Å². The van der Waals surface area contributed by atoms with Gasteiger partial charge in [0.05, 0.1) is 18.4 Å². The van der Waals surface area contributed by atoms with Crippen molar-refractivity contribution in [3.63, 3.8) is 0 Å². The molecular formula is C15H14N2O2. The lowest BCUT2D eigenvalue weighted by Crippen LogP contribution is -2.19. The topological polar surface area (TPSA) is 45.8 Å². The lowest BCUT2D eigenvalue weighted by Gasteiger charge is -2.11. The van der Waals surface area contributed by atoms with Crippen molar-refractivity contribution in [1.29, 1.82) is 0 Å². The van der Waals surface area contributed by atoms with Crippen molar-refractivity contribution in [2.45, 2.75) is 19.8 Å². The molecule has 0 spiro atoms. The molecule has 0 unspecified atom stereocenters. The zero-order valence-corrected chi connectivity index (χ0v) is 10.7. The maximum Gasteiger partial charge on any atom is 0.253 e. The van der Waals surface area contributed by atoms with Gasteiger partial charge in [0.15, 0.2) is 0 Å². The predicted octanol–water partition coefficient (Wildman–Crippen LogP) is 2.98. The molecule has 1 aliphatic heterocycles. The number of hydrazone groups is 1. The highest BCUT2D eigenvalue weighted by Crippen LogP contribution is 2.23. The molecule has 1 aliphatic rings. The van der Waals surface area contributed by atoms with Gasteiger partial charge in [0.25, 0.3) is 5.91 Å². The van der Waals surface area contributed by atoms with Gasteiger partial charge in [0.1, 0.15) is 11.5 Å². The minimum absolute atomic E-state index is 0.0318. The Morgan fingerprint density at radius 3 is 2.68 bits per heavy atom. The van der Waals surface area contributed by atoms with Crippen molar-refractivity contribution in [2.75, 3.05) is 5.01 Å². The molecule has 1 aromatic carbocycles. The summed E-state index contributed by atoms with van der Waals surface area (Å²) in [6, 6.07) is 11.5. The Kier molecular flexibility index (Phi) is 2.91. The number of amides is 1. The number of anilines is 1. The smallest absolute Gasteiger partial charge is 0.253 e. The fraction of sp³-hybridized carbons (Fsp3) is 0.200. The van der Waals surface area contributed by atoms with Crippen molar-refractivity contribution >= 4 is 17.3 Å². The zero-order valence-electron chi connectivity index (χ0n) is 10.7. The van der Waals surface area contributed by atoms with Crippen LogP contribution in [0.4, 0.5) is 5.69 Å². The third-order valence-corrected chi connectivity index (χ3v) is 3.17. The Labute approximate surface area is 111 Å². The maximum absolute atomic E-state index is 12.0. The molecule has 3 rings (SSSR count). The third kappa shape index (κ3) is 2.17. The molecule has 1 aromatic heterocycles. The number of rotatable bonds is 3. The van der Waals surface area contributed by atoms with E-state index in [0.29, 0.717) is 11.5 Å². The van der Waals surface area contributed by atoms with E-state index >= 15 is 0 Å². The van der Waals surface area contributed by atoms with Crippen LogP contribution in [0.25, 0.3) is 0 Å². The number of furan rings is 1. The van der Waals surface area contributed by atoms with E-state index in [1.807, 2.05) is 30.3 Å². The van der Waals surface area contributed by atoms with Crippen LogP contribution in [0.1, 0.15) is 24.7 Å². The number of carbonyl (C=O) groups is 1. The van der Waals surface area contributed by atoms with Crippen LogP contribution in [0.3, 0.4) is 0 Å². The van der Waals surface area contributed by atoms with Gasteiger partial charge in [0, 0.05) is 0 Å². The SMILES string of the molecule is CCc1ccc(N2N=C(c3ccco3)CC2=O)cc1. The molecule has 0 atom stereocenters. The van der Waals surface area contributed by atoms with Gasteiger partial charge < -0.3 is 4.42 Å². The highest BCUT2D eigenvalue weighted by molar-refractivity contribution is 6.18. The predicted molar refractivity (Wildman–Crippen MR) is 73.2 cm³/mol. The summed E-state index contributed by atoms with van der Waals surface area (Å²) in [6.45, 7) is 2.10. The van der Waals surface area contributed by atoms with Gasteiger partial charge in [-0.25, -0.2) is 5.01 Å². The van der Waals surface area contributed by atoms with Crippen LogP contribution in [0.5, 0.6) is 0 Å². The van der Waals surface area contributed by atoms with E-state index < -0.39 is 0 Å². The number of carbonyl (C=O) groups excluding carboxylic acids is 1. The van der Waals surface area contributed by atoms with Gasteiger partial charge >= 0.3 is 0 Å². The Hall–Kier alpha value is -2.36. The molecule has 19 heavy (non-hydrogen) atoms. The highest BCUT2D eigenvalue weighted by Gasteiger charge is 2.27. The van der Waals surface area contributed by atoms with Crippen molar-refractivity contribution in [3.8, 4) is 0 Å². The van der Waals surface area contributed by atoms with E-state index in [-0.39, 0.29) is 12.3 Å². The Balaban J connectivity index is 1.89. The molecule has 4 heteroatoms. The Morgan fingerprint density at radius 1 is 1.26 bits per heavy atom. The van der Waals surface area contributed by atoms with Crippen molar-refractivity contribution < 1.29 is 9.21 Å². The summed E-state index contributed by atoms with van der Waals surface area (Å²) < 4.78 is 5.28. The first-order valence-corrected chi connectivity index (χ1v) is 6.31. The largest absolute Gasteiger partial charge is 0.463 e. The molecule has 0 saturated heterocycles. The monoisotopic (exact) mass is 254 g/mol. The average Bonchev–Trinajstić information content (AvgIpc) is 3.08. The maximum atomic E-state index is 12.0. The van der Waals surface area contributed by atoms with E-state index in [2.05, 4.69) is 12.0 Å². The molecule has 96 valence electrons. The van der Waals surface area contributed by atoms with Crippen LogP contribution in [0.15, 0.2) is 52.2 Å². The second-order valence-electron chi connectivity index (χ2n) is 4.43.